The lowest BCUT2D eigenvalue weighted by Gasteiger charge is -2.27. The minimum absolute atomic E-state index is 0.510. The summed E-state index contributed by atoms with van der Waals surface area (Å²) in [6.45, 7) is 4.72. The average molecular weight is 338 g/mol. The molecule has 0 spiro atoms. The van der Waals surface area contributed by atoms with Crippen LogP contribution in [0.25, 0.3) is 0 Å². The highest BCUT2D eigenvalue weighted by Gasteiger charge is 2.38. The highest BCUT2D eigenvalue weighted by Crippen LogP contribution is 2.49. The van der Waals surface area contributed by atoms with Crippen molar-refractivity contribution >= 4 is 0 Å². The lowest BCUT2D eigenvalue weighted by atomic mass is 10.1. The van der Waals surface area contributed by atoms with Gasteiger partial charge in [-0.3, -0.25) is 4.98 Å². The number of ether oxygens (including phenoxy) is 2. The molecule has 1 saturated carbocycles. The molecule has 2 heterocycles. The molecule has 4 rings (SSSR count). The fraction of sp³-hybridized carbons (Fsp3) is 0.476. The molecule has 1 saturated heterocycles. The molecular formula is C21H26N2O2. The number of hydrogen-bond donors (Lipinski definition) is 1. The van der Waals surface area contributed by atoms with Crippen LogP contribution >= 0.6 is 0 Å². The molecule has 1 N–H and O–H groups in total. The molecule has 4 nitrogen and oxygen atoms in total. The molecule has 0 radical (unpaired) electrons. The SMILES string of the molecule is Cc1ccc(OCCC2CC2c2cncc(OCC3CCN3)c2)cc1. The Kier molecular flexibility index (Phi) is 4.88. The van der Waals surface area contributed by atoms with E-state index in [1.807, 2.05) is 24.5 Å². The molecule has 4 heteroatoms. The zero-order valence-electron chi connectivity index (χ0n) is 14.8. The summed E-state index contributed by atoms with van der Waals surface area (Å²) < 4.78 is 11.7. The van der Waals surface area contributed by atoms with Crippen molar-refractivity contribution in [1.82, 2.24) is 10.3 Å². The maximum absolute atomic E-state index is 5.86. The summed E-state index contributed by atoms with van der Waals surface area (Å²) in [4.78, 5) is 4.36. The molecule has 1 aliphatic heterocycles. The van der Waals surface area contributed by atoms with Gasteiger partial charge < -0.3 is 14.8 Å². The molecule has 25 heavy (non-hydrogen) atoms. The normalized spacial score (nSPS) is 24.4. The largest absolute Gasteiger partial charge is 0.494 e. The summed E-state index contributed by atoms with van der Waals surface area (Å²) in [6, 6.07) is 10.9. The van der Waals surface area contributed by atoms with Crippen LogP contribution in [0.2, 0.25) is 0 Å². The first-order valence-electron chi connectivity index (χ1n) is 9.28. The van der Waals surface area contributed by atoms with Crippen molar-refractivity contribution < 1.29 is 9.47 Å². The van der Waals surface area contributed by atoms with Crippen LogP contribution in [0.1, 0.15) is 36.3 Å². The van der Waals surface area contributed by atoms with E-state index in [4.69, 9.17) is 9.47 Å². The third-order valence-corrected chi connectivity index (χ3v) is 5.24. The van der Waals surface area contributed by atoms with Crippen molar-refractivity contribution in [3.63, 3.8) is 0 Å². The lowest BCUT2D eigenvalue weighted by Crippen LogP contribution is -2.46. The first kappa shape index (κ1) is 16.4. The summed E-state index contributed by atoms with van der Waals surface area (Å²) in [6.07, 6.45) is 7.33. The molecule has 1 aromatic carbocycles. The van der Waals surface area contributed by atoms with Crippen LogP contribution in [0.15, 0.2) is 42.7 Å². The number of benzene rings is 1. The van der Waals surface area contributed by atoms with Crippen molar-refractivity contribution in [3.8, 4) is 11.5 Å². The van der Waals surface area contributed by atoms with Gasteiger partial charge in [0.1, 0.15) is 18.1 Å². The van der Waals surface area contributed by atoms with Crippen LogP contribution in [0.5, 0.6) is 11.5 Å². The molecule has 3 atom stereocenters. The third-order valence-electron chi connectivity index (χ3n) is 5.24. The first-order chi connectivity index (χ1) is 12.3. The van der Waals surface area contributed by atoms with E-state index in [1.165, 1.54) is 24.0 Å². The Labute approximate surface area is 149 Å². The van der Waals surface area contributed by atoms with Gasteiger partial charge in [0.25, 0.3) is 0 Å². The Bertz CT molecular complexity index is 697. The zero-order chi connectivity index (χ0) is 17.1. The van der Waals surface area contributed by atoms with Gasteiger partial charge in [-0.05, 0) is 68.3 Å². The molecule has 2 aliphatic rings. The van der Waals surface area contributed by atoms with Crippen LogP contribution in [-0.2, 0) is 0 Å². The van der Waals surface area contributed by atoms with Crippen LogP contribution < -0.4 is 14.8 Å². The fourth-order valence-corrected chi connectivity index (χ4v) is 3.34. The second-order valence-electron chi connectivity index (χ2n) is 7.26. The Morgan fingerprint density at radius 3 is 2.72 bits per heavy atom. The highest BCUT2D eigenvalue weighted by atomic mass is 16.5. The Hall–Kier alpha value is -2.07. The van der Waals surface area contributed by atoms with Crippen LogP contribution in [-0.4, -0.2) is 30.8 Å². The summed E-state index contributed by atoms with van der Waals surface area (Å²) >= 11 is 0. The van der Waals surface area contributed by atoms with Gasteiger partial charge in [0.05, 0.1) is 12.8 Å². The van der Waals surface area contributed by atoms with Crippen molar-refractivity contribution in [2.24, 2.45) is 5.92 Å². The number of hydrogen-bond acceptors (Lipinski definition) is 4. The quantitative estimate of drug-likeness (QED) is 0.797. The Morgan fingerprint density at radius 1 is 1.12 bits per heavy atom. The summed E-state index contributed by atoms with van der Waals surface area (Å²) in [5.74, 6) is 3.17. The van der Waals surface area contributed by atoms with Gasteiger partial charge in [-0.1, -0.05) is 17.7 Å². The smallest absolute Gasteiger partial charge is 0.137 e. The minimum Gasteiger partial charge on any atom is -0.494 e. The van der Waals surface area contributed by atoms with Crippen molar-refractivity contribution in [3.05, 3.63) is 53.9 Å². The maximum Gasteiger partial charge on any atom is 0.137 e. The molecule has 1 aliphatic carbocycles. The van der Waals surface area contributed by atoms with Gasteiger partial charge in [-0.25, -0.2) is 0 Å². The maximum atomic E-state index is 5.86. The van der Waals surface area contributed by atoms with E-state index in [0.717, 1.165) is 37.7 Å². The second-order valence-corrected chi connectivity index (χ2v) is 7.26. The van der Waals surface area contributed by atoms with Crippen molar-refractivity contribution in [2.45, 2.75) is 38.1 Å². The van der Waals surface area contributed by atoms with E-state index in [9.17, 15) is 0 Å². The average Bonchev–Trinajstić information content (AvgIpc) is 3.35. The minimum atomic E-state index is 0.510. The van der Waals surface area contributed by atoms with Gasteiger partial charge in [0.2, 0.25) is 0 Å². The van der Waals surface area contributed by atoms with E-state index in [2.05, 4.69) is 35.4 Å². The van der Waals surface area contributed by atoms with Gasteiger partial charge >= 0.3 is 0 Å². The van der Waals surface area contributed by atoms with Crippen molar-refractivity contribution in [1.29, 1.82) is 0 Å². The lowest BCUT2D eigenvalue weighted by molar-refractivity contribution is 0.216. The molecule has 132 valence electrons. The molecule has 1 aromatic heterocycles. The fourth-order valence-electron chi connectivity index (χ4n) is 3.34. The van der Waals surface area contributed by atoms with Crippen LogP contribution in [0, 0.1) is 12.8 Å². The van der Waals surface area contributed by atoms with E-state index in [0.29, 0.717) is 17.9 Å². The van der Waals surface area contributed by atoms with Crippen LogP contribution in [0.4, 0.5) is 0 Å². The van der Waals surface area contributed by atoms with E-state index in [1.54, 1.807) is 0 Å². The van der Waals surface area contributed by atoms with Gasteiger partial charge in [-0.15, -0.1) is 0 Å². The standard InChI is InChI=1S/C21H26N2O2/c1-15-2-4-19(5-3-15)24-9-7-16-11-21(16)17-10-20(13-22-12-17)25-14-18-6-8-23-18/h2-5,10,12-13,16,18,21,23H,6-9,11,14H2,1H3. The van der Waals surface area contributed by atoms with E-state index < -0.39 is 0 Å². The topological polar surface area (TPSA) is 43.4 Å². The molecule has 2 aromatic rings. The van der Waals surface area contributed by atoms with Gasteiger partial charge in [0.15, 0.2) is 0 Å². The Morgan fingerprint density at radius 2 is 1.96 bits per heavy atom. The predicted molar refractivity (Wildman–Crippen MR) is 98.3 cm³/mol. The first-order valence-corrected chi connectivity index (χ1v) is 9.28. The summed E-state index contributed by atoms with van der Waals surface area (Å²) in [5, 5.41) is 3.35. The number of pyridine rings is 1. The van der Waals surface area contributed by atoms with E-state index in [-0.39, 0.29) is 0 Å². The molecule has 0 amide bonds. The van der Waals surface area contributed by atoms with Gasteiger partial charge in [0, 0.05) is 12.2 Å². The number of aromatic nitrogens is 1. The molecule has 2 fully saturated rings. The summed E-state index contributed by atoms with van der Waals surface area (Å²) in [5.41, 5.74) is 2.57. The monoisotopic (exact) mass is 338 g/mol. The number of nitrogens with one attached hydrogen (secondary N) is 1. The Balaban J connectivity index is 1.22. The second kappa shape index (κ2) is 7.44. The highest BCUT2D eigenvalue weighted by molar-refractivity contribution is 5.30. The third kappa shape index (κ3) is 4.31. The molecular weight excluding hydrogens is 312 g/mol. The number of aryl methyl sites for hydroxylation is 1. The zero-order valence-corrected chi connectivity index (χ0v) is 14.8. The number of rotatable bonds is 8. The predicted octanol–water partition coefficient (Wildman–Crippen LogP) is 3.70. The number of nitrogens with zero attached hydrogens (tertiary/aromatic N) is 1. The van der Waals surface area contributed by atoms with Crippen molar-refractivity contribution in [2.75, 3.05) is 19.8 Å². The van der Waals surface area contributed by atoms with Crippen LogP contribution in [0.3, 0.4) is 0 Å². The molecule has 3 unspecified atom stereocenters. The summed E-state index contributed by atoms with van der Waals surface area (Å²) in [7, 11) is 0. The van der Waals surface area contributed by atoms with Gasteiger partial charge in [-0.2, -0.15) is 0 Å². The molecule has 0 bridgehead atoms. The van der Waals surface area contributed by atoms with E-state index >= 15 is 0 Å².